The molecule has 0 unspecified atom stereocenters. The number of methoxy groups -OCH3 is 1. The molecule has 0 heterocycles. The molecule has 5 heteroatoms. The van der Waals surface area contributed by atoms with Gasteiger partial charge in [0.2, 0.25) is 0 Å². The Bertz CT molecular complexity index is 146. The van der Waals surface area contributed by atoms with Gasteiger partial charge in [-0.2, -0.15) is 0 Å². The minimum Gasteiger partial charge on any atom is -0.486 e. The molecule has 0 aromatic carbocycles. The van der Waals surface area contributed by atoms with Crippen molar-refractivity contribution in [3.05, 3.63) is 10.5 Å². The van der Waals surface area contributed by atoms with Crippen molar-refractivity contribution in [2.75, 3.05) is 7.11 Å². The number of hydrogen-bond donors (Lipinski definition) is 0. The van der Waals surface area contributed by atoms with Crippen LogP contribution in [0.2, 0.25) is 0 Å². The van der Waals surface area contributed by atoms with Gasteiger partial charge in [0.15, 0.2) is 5.22 Å². The Morgan fingerprint density at radius 2 is 1.82 bits per heavy atom. The molecule has 66 valence electrons. The molecule has 0 bridgehead atoms. The maximum absolute atomic E-state index is 5.73. The van der Waals surface area contributed by atoms with Gasteiger partial charge in [0.05, 0.1) is 7.11 Å². The van der Waals surface area contributed by atoms with Crippen LogP contribution < -0.4 is 0 Å². The third-order valence-corrected chi connectivity index (χ3v) is 3.78. The SMILES string of the molecule is CO/C(Cl)=C(/C(C)C)P(Cl)Cl. The van der Waals surface area contributed by atoms with Crippen molar-refractivity contribution < 1.29 is 4.74 Å². The quantitative estimate of drug-likeness (QED) is 0.517. The highest BCUT2D eigenvalue weighted by molar-refractivity contribution is 8.06. The molecule has 0 aromatic heterocycles. The Morgan fingerprint density at radius 3 is 1.91 bits per heavy atom. The number of hydrogen-bond acceptors (Lipinski definition) is 1. The van der Waals surface area contributed by atoms with Crippen LogP contribution in [0, 0.1) is 5.92 Å². The fraction of sp³-hybridized carbons (Fsp3) is 0.667. The Balaban J connectivity index is 4.58. The monoisotopic (exact) mass is 234 g/mol. The maximum Gasteiger partial charge on any atom is 0.192 e. The summed E-state index contributed by atoms with van der Waals surface area (Å²) in [5.74, 6) is 0.226. The fourth-order valence-electron chi connectivity index (χ4n) is 0.593. The van der Waals surface area contributed by atoms with E-state index in [0.29, 0.717) is 5.22 Å². The van der Waals surface area contributed by atoms with Gasteiger partial charge in [-0.1, -0.05) is 36.3 Å². The summed E-state index contributed by atoms with van der Waals surface area (Å²) in [6.07, 6.45) is 0. The molecule has 0 amide bonds. The summed E-state index contributed by atoms with van der Waals surface area (Å²) in [6, 6.07) is 0. The second-order valence-electron chi connectivity index (χ2n) is 2.25. The molecule has 0 fully saturated rings. The number of allylic oxidation sites excluding steroid dienone is 1. The molecule has 0 saturated carbocycles. The van der Waals surface area contributed by atoms with Crippen LogP contribution in [-0.4, -0.2) is 7.11 Å². The second-order valence-corrected chi connectivity index (χ2v) is 6.09. The standard InChI is InChI=1S/C6H10Cl3OP/c1-4(2)5(11(8)9)6(7)10-3/h4H,1-3H3/b6-5-. The summed E-state index contributed by atoms with van der Waals surface area (Å²) >= 11 is 17.2. The zero-order valence-electron chi connectivity index (χ0n) is 6.57. The summed E-state index contributed by atoms with van der Waals surface area (Å²) in [5, 5.41) is 1.10. The molecular formula is C6H10Cl3OP. The van der Waals surface area contributed by atoms with E-state index < -0.39 is 6.63 Å². The van der Waals surface area contributed by atoms with Crippen LogP contribution >= 0.6 is 40.7 Å². The molecule has 0 aromatic rings. The number of halogens is 3. The third-order valence-electron chi connectivity index (χ3n) is 1.11. The first-order valence-corrected chi connectivity index (χ1v) is 6.59. The van der Waals surface area contributed by atoms with E-state index in [1.807, 2.05) is 13.8 Å². The van der Waals surface area contributed by atoms with E-state index in [-0.39, 0.29) is 5.92 Å². The predicted octanol–water partition coefficient (Wildman–Crippen LogP) is 4.49. The van der Waals surface area contributed by atoms with Crippen LogP contribution in [0.3, 0.4) is 0 Å². The average molecular weight is 235 g/mol. The van der Waals surface area contributed by atoms with Gasteiger partial charge in [0.1, 0.15) is 6.63 Å². The van der Waals surface area contributed by atoms with E-state index in [4.69, 9.17) is 38.8 Å². The van der Waals surface area contributed by atoms with Crippen LogP contribution in [0.15, 0.2) is 10.5 Å². The van der Waals surface area contributed by atoms with Gasteiger partial charge < -0.3 is 4.74 Å². The van der Waals surface area contributed by atoms with Gasteiger partial charge in [-0.25, -0.2) is 0 Å². The molecule has 0 aliphatic rings. The molecule has 11 heavy (non-hydrogen) atoms. The second kappa shape index (κ2) is 5.48. The van der Waals surface area contributed by atoms with Crippen LogP contribution in [0.4, 0.5) is 0 Å². The van der Waals surface area contributed by atoms with E-state index in [1.165, 1.54) is 7.11 Å². The van der Waals surface area contributed by atoms with Crippen molar-refractivity contribution in [2.24, 2.45) is 5.92 Å². The lowest BCUT2D eigenvalue weighted by atomic mass is 10.2. The minimum absolute atomic E-state index is 0.226. The largest absolute Gasteiger partial charge is 0.486 e. The summed E-state index contributed by atoms with van der Waals surface area (Å²) in [4.78, 5) is 0. The fourth-order valence-corrected chi connectivity index (χ4v) is 3.57. The van der Waals surface area contributed by atoms with Crippen LogP contribution in [0.25, 0.3) is 0 Å². The normalized spacial score (nSPS) is 13.8. The summed E-state index contributed by atoms with van der Waals surface area (Å²) in [7, 11) is 1.50. The van der Waals surface area contributed by atoms with Gasteiger partial charge >= 0.3 is 0 Å². The van der Waals surface area contributed by atoms with Gasteiger partial charge in [-0.05, 0) is 17.5 Å². The number of ether oxygens (including phenoxy) is 1. The lowest BCUT2D eigenvalue weighted by Gasteiger charge is -2.12. The Labute approximate surface area is 83.0 Å². The topological polar surface area (TPSA) is 9.23 Å². The van der Waals surface area contributed by atoms with E-state index in [2.05, 4.69) is 0 Å². The van der Waals surface area contributed by atoms with Crippen molar-refractivity contribution >= 4 is 40.7 Å². The van der Waals surface area contributed by atoms with Gasteiger partial charge in [0, 0.05) is 5.31 Å². The summed E-state index contributed by atoms with van der Waals surface area (Å²) in [6.45, 7) is 2.76. The molecule has 0 spiro atoms. The average Bonchev–Trinajstić information content (AvgIpc) is 1.85. The first-order chi connectivity index (χ1) is 5.00. The third kappa shape index (κ3) is 3.85. The highest BCUT2D eigenvalue weighted by atomic mass is 35.9. The Hall–Kier alpha value is 0.840. The van der Waals surface area contributed by atoms with Crippen molar-refractivity contribution in [2.45, 2.75) is 13.8 Å². The Kier molecular flexibility index (Phi) is 5.90. The zero-order valence-corrected chi connectivity index (χ0v) is 9.73. The molecule has 0 rings (SSSR count). The molecule has 0 N–H and O–H groups in total. The lowest BCUT2D eigenvalue weighted by Crippen LogP contribution is -1.93. The molecule has 0 atom stereocenters. The highest BCUT2D eigenvalue weighted by Crippen LogP contribution is 2.58. The molecule has 0 aliphatic heterocycles. The van der Waals surface area contributed by atoms with Crippen molar-refractivity contribution in [3.8, 4) is 0 Å². The zero-order chi connectivity index (χ0) is 9.02. The minimum atomic E-state index is -1.18. The van der Waals surface area contributed by atoms with Crippen LogP contribution in [0.1, 0.15) is 13.8 Å². The first kappa shape index (κ1) is 11.8. The Morgan fingerprint density at radius 1 is 1.36 bits per heavy atom. The van der Waals surface area contributed by atoms with E-state index in [0.717, 1.165) is 5.31 Å². The maximum atomic E-state index is 5.73. The van der Waals surface area contributed by atoms with E-state index in [9.17, 15) is 0 Å². The number of rotatable bonds is 3. The van der Waals surface area contributed by atoms with Crippen molar-refractivity contribution in [3.63, 3.8) is 0 Å². The first-order valence-electron chi connectivity index (χ1n) is 3.06. The van der Waals surface area contributed by atoms with Crippen LogP contribution in [-0.2, 0) is 4.74 Å². The lowest BCUT2D eigenvalue weighted by molar-refractivity contribution is 0.317. The van der Waals surface area contributed by atoms with Crippen LogP contribution in [0.5, 0.6) is 0 Å². The van der Waals surface area contributed by atoms with Gasteiger partial charge in [0.25, 0.3) is 0 Å². The van der Waals surface area contributed by atoms with E-state index >= 15 is 0 Å². The van der Waals surface area contributed by atoms with Gasteiger partial charge in [-0.3, -0.25) is 0 Å². The molecule has 0 saturated heterocycles. The predicted molar refractivity (Wildman–Crippen MR) is 53.4 cm³/mol. The molecule has 1 nitrogen and oxygen atoms in total. The molecular weight excluding hydrogens is 225 g/mol. The molecule has 0 aliphatic carbocycles. The molecule has 0 radical (unpaired) electrons. The highest BCUT2D eigenvalue weighted by Gasteiger charge is 2.17. The summed E-state index contributed by atoms with van der Waals surface area (Å²) in [5.41, 5.74) is 0. The van der Waals surface area contributed by atoms with Crippen molar-refractivity contribution in [1.82, 2.24) is 0 Å². The smallest absolute Gasteiger partial charge is 0.192 e. The summed E-state index contributed by atoms with van der Waals surface area (Å²) < 4.78 is 4.83. The van der Waals surface area contributed by atoms with E-state index in [1.54, 1.807) is 0 Å². The van der Waals surface area contributed by atoms with Crippen molar-refractivity contribution in [1.29, 1.82) is 0 Å². The van der Waals surface area contributed by atoms with Gasteiger partial charge in [-0.15, -0.1) is 0 Å².